The molecule has 4 rings (SSSR count). The molecule has 9 heteroatoms. The van der Waals surface area contributed by atoms with Gasteiger partial charge in [-0.05, 0) is 25.0 Å². The number of hydrogen-bond acceptors (Lipinski definition) is 5. The summed E-state index contributed by atoms with van der Waals surface area (Å²) in [6, 6.07) is 6.95. The third kappa shape index (κ3) is 3.45. The van der Waals surface area contributed by atoms with Crippen LogP contribution in [0.25, 0.3) is 0 Å². The van der Waals surface area contributed by atoms with Gasteiger partial charge in [0, 0.05) is 50.7 Å². The van der Waals surface area contributed by atoms with Gasteiger partial charge in [0.15, 0.2) is 5.84 Å². The van der Waals surface area contributed by atoms with Crippen molar-refractivity contribution in [3.05, 3.63) is 29.8 Å². The number of rotatable bonds is 1. The molecule has 3 aliphatic rings. The highest BCUT2D eigenvalue weighted by Gasteiger charge is 2.35. The van der Waals surface area contributed by atoms with Crippen LogP contribution in [-0.4, -0.2) is 69.2 Å². The van der Waals surface area contributed by atoms with E-state index in [4.69, 9.17) is 0 Å². The Morgan fingerprint density at radius 2 is 1.73 bits per heavy atom. The Kier molecular flexibility index (Phi) is 5.55. The lowest BCUT2D eigenvalue weighted by atomic mass is 9.94. The number of hydrogen-bond donors (Lipinski definition) is 1. The molecule has 0 saturated carbocycles. The highest BCUT2D eigenvalue weighted by molar-refractivity contribution is 7.90. The number of carbonyl (C=O) groups excluding carboxylic acids is 1. The number of amidine groups is 1. The van der Waals surface area contributed by atoms with Crippen molar-refractivity contribution in [2.45, 2.75) is 17.7 Å². The third-order valence-electron chi connectivity index (χ3n) is 5.18. The molecular formula is C17H23ClN4O3S. The number of likely N-dealkylation sites (tertiary alicyclic amines) is 1. The van der Waals surface area contributed by atoms with Crippen molar-refractivity contribution in [3.8, 4) is 0 Å². The maximum Gasteiger partial charge on any atom is 0.285 e. The van der Waals surface area contributed by atoms with Crippen LogP contribution in [0.2, 0.25) is 0 Å². The first kappa shape index (κ1) is 19.1. The number of nitrogens with one attached hydrogen (secondary N) is 1. The average molecular weight is 399 g/mol. The summed E-state index contributed by atoms with van der Waals surface area (Å²) in [5.41, 5.74) is 0.675. The van der Waals surface area contributed by atoms with Gasteiger partial charge in [-0.25, -0.2) is 0 Å². The molecule has 0 unspecified atom stereocenters. The minimum absolute atomic E-state index is 0. The van der Waals surface area contributed by atoms with E-state index < -0.39 is 10.0 Å². The van der Waals surface area contributed by atoms with Gasteiger partial charge in [0.25, 0.3) is 10.0 Å². The zero-order valence-corrected chi connectivity index (χ0v) is 16.1. The average Bonchev–Trinajstić information content (AvgIpc) is 2.94. The lowest BCUT2D eigenvalue weighted by Gasteiger charge is -2.36. The number of piperidine rings is 1. The van der Waals surface area contributed by atoms with E-state index in [2.05, 4.69) is 9.71 Å². The molecule has 7 nitrogen and oxygen atoms in total. The molecule has 0 aliphatic carbocycles. The summed E-state index contributed by atoms with van der Waals surface area (Å²) in [5.74, 6) is 0.800. The van der Waals surface area contributed by atoms with Crippen LogP contribution in [0.4, 0.5) is 0 Å². The standard InChI is InChI=1S/C17H22N4O3S.ClH/c22-17(21-11-7-18-8-12-21)13-5-9-20(10-6-13)16-14-3-1-2-4-15(14)25(23,24)19-16;/h1-4,13,18H,5-12H2;1H. The Balaban J connectivity index is 0.00000196. The van der Waals surface area contributed by atoms with Gasteiger partial charge < -0.3 is 15.1 Å². The molecule has 26 heavy (non-hydrogen) atoms. The van der Waals surface area contributed by atoms with Crippen LogP contribution in [0.15, 0.2) is 33.6 Å². The topological polar surface area (TPSA) is 82.1 Å². The highest BCUT2D eigenvalue weighted by Crippen LogP contribution is 2.30. The molecule has 1 N–H and O–H groups in total. The number of amides is 1. The largest absolute Gasteiger partial charge is 0.355 e. The molecule has 1 amide bonds. The number of fused-ring (bicyclic) bond motifs is 1. The maximum atomic E-state index is 12.6. The van der Waals surface area contributed by atoms with Crippen molar-refractivity contribution < 1.29 is 13.2 Å². The molecule has 142 valence electrons. The summed E-state index contributed by atoms with van der Waals surface area (Å²) in [6.45, 7) is 4.58. The molecule has 2 saturated heterocycles. The quantitative estimate of drug-likeness (QED) is 0.753. The van der Waals surface area contributed by atoms with Crippen molar-refractivity contribution in [3.63, 3.8) is 0 Å². The van der Waals surface area contributed by atoms with Crippen molar-refractivity contribution in [1.29, 1.82) is 0 Å². The molecule has 1 aromatic carbocycles. The molecule has 0 atom stereocenters. The fourth-order valence-electron chi connectivity index (χ4n) is 3.80. The first-order chi connectivity index (χ1) is 12.1. The lowest BCUT2D eigenvalue weighted by molar-refractivity contribution is -0.137. The van der Waals surface area contributed by atoms with Crippen molar-refractivity contribution >= 4 is 34.2 Å². The number of piperazine rings is 1. The summed E-state index contributed by atoms with van der Waals surface area (Å²) in [7, 11) is -3.59. The van der Waals surface area contributed by atoms with E-state index in [9.17, 15) is 13.2 Å². The summed E-state index contributed by atoms with van der Waals surface area (Å²) in [4.78, 5) is 16.9. The summed E-state index contributed by atoms with van der Waals surface area (Å²) in [5, 5.41) is 3.26. The molecule has 0 aromatic heterocycles. The normalized spacial score (nSPS) is 22.4. The van der Waals surface area contributed by atoms with Gasteiger partial charge in [-0.3, -0.25) is 4.79 Å². The molecule has 3 heterocycles. The molecule has 1 aromatic rings. The fourth-order valence-corrected chi connectivity index (χ4v) is 5.03. The van der Waals surface area contributed by atoms with Gasteiger partial charge in [-0.15, -0.1) is 16.8 Å². The summed E-state index contributed by atoms with van der Waals surface area (Å²) in [6.07, 6.45) is 1.48. The maximum absolute atomic E-state index is 12.6. The minimum Gasteiger partial charge on any atom is -0.355 e. The second-order valence-corrected chi connectivity index (χ2v) is 8.30. The first-order valence-electron chi connectivity index (χ1n) is 8.75. The van der Waals surface area contributed by atoms with Crippen molar-refractivity contribution in [2.24, 2.45) is 10.3 Å². The Morgan fingerprint density at radius 1 is 1.08 bits per heavy atom. The van der Waals surface area contributed by atoms with Gasteiger partial charge in [-0.1, -0.05) is 12.1 Å². The SMILES string of the molecule is Cl.O=C(C1CCN(C2=NS(=O)(=O)c3ccccc32)CC1)N1CCNCC1. The molecule has 0 bridgehead atoms. The number of nitrogens with zero attached hydrogens (tertiary/aromatic N) is 3. The van der Waals surface area contributed by atoms with Crippen LogP contribution in [0.3, 0.4) is 0 Å². The number of sulfonamides is 1. The van der Waals surface area contributed by atoms with Crippen LogP contribution in [0.5, 0.6) is 0 Å². The molecule has 3 aliphatic heterocycles. The van der Waals surface area contributed by atoms with Crippen LogP contribution in [0.1, 0.15) is 18.4 Å². The highest BCUT2D eigenvalue weighted by atomic mass is 35.5. The van der Waals surface area contributed by atoms with E-state index in [0.29, 0.717) is 24.5 Å². The number of carbonyl (C=O) groups is 1. The van der Waals surface area contributed by atoms with Gasteiger partial charge in [0.1, 0.15) is 4.90 Å². The van der Waals surface area contributed by atoms with Crippen LogP contribution in [-0.2, 0) is 14.8 Å². The predicted molar refractivity (Wildman–Crippen MR) is 101 cm³/mol. The number of benzene rings is 1. The zero-order chi connectivity index (χ0) is 17.4. The van der Waals surface area contributed by atoms with Gasteiger partial charge in [0.05, 0.1) is 0 Å². The van der Waals surface area contributed by atoms with E-state index in [1.54, 1.807) is 18.2 Å². The molecule has 0 radical (unpaired) electrons. The van der Waals surface area contributed by atoms with Crippen LogP contribution < -0.4 is 5.32 Å². The van der Waals surface area contributed by atoms with Crippen LogP contribution in [0, 0.1) is 5.92 Å². The van der Waals surface area contributed by atoms with E-state index >= 15 is 0 Å². The second-order valence-electron chi connectivity index (χ2n) is 6.72. The van der Waals surface area contributed by atoms with Crippen molar-refractivity contribution in [2.75, 3.05) is 39.3 Å². The number of halogens is 1. The Labute approximate surface area is 159 Å². The fraction of sp³-hybridized carbons (Fsp3) is 0.529. The third-order valence-corrected chi connectivity index (χ3v) is 6.51. The van der Waals surface area contributed by atoms with E-state index in [-0.39, 0.29) is 29.1 Å². The Hall–Kier alpha value is -1.64. The minimum atomic E-state index is -3.59. The van der Waals surface area contributed by atoms with Crippen molar-refractivity contribution in [1.82, 2.24) is 15.1 Å². The second kappa shape index (κ2) is 7.54. The van der Waals surface area contributed by atoms with Gasteiger partial charge >= 0.3 is 0 Å². The Bertz CT molecular complexity index is 813. The lowest BCUT2D eigenvalue weighted by Crippen LogP contribution is -2.50. The molecule has 0 spiro atoms. The van der Waals surface area contributed by atoms with Gasteiger partial charge in [0.2, 0.25) is 5.91 Å². The monoisotopic (exact) mass is 398 g/mol. The predicted octanol–water partition coefficient (Wildman–Crippen LogP) is 0.701. The zero-order valence-electron chi connectivity index (χ0n) is 14.4. The first-order valence-corrected chi connectivity index (χ1v) is 10.2. The van der Waals surface area contributed by atoms with Crippen LogP contribution >= 0.6 is 12.4 Å². The molecule has 2 fully saturated rings. The molecular weight excluding hydrogens is 376 g/mol. The van der Waals surface area contributed by atoms with Gasteiger partial charge in [-0.2, -0.15) is 8.42 Å². The Morgan fingerprint density at radius 3 is 2.42 bits per heavy atom. The van der Waals surface area contributed by atoms with E-state index in [0.717, 1.165) is 39.0 Å². The smallest absolute Gasteiger partial charge is 0.285 e. The summed E-state index contributed by atoms with van der Waals surface area (Å²) >= 11 is 0. The van der Waals surface area contributed by atoms with E-state index in [1.807, 2.05) is 15.9 Å². The van der Waals surface area contributed by atoms with E-state index in [1.165, 1.54) is 0 Å². The summed E-state index contributed by atoms with van der Waals surface area (Å²) < 4.78 is 28.4.